The first-order chi connectivity index (χ1) is 6.19. The Hall–Kier alpha value is 0.0800. The molecule has 0 saturated heterocycles. The Morgan fingerprint density at radius 1 is 1.57 bits per heavy atom. The molecule has 14 heavy (non-hydrogen) atoms. The molecule has 0 radical (unpaired) electrons. The van der Waals surface area contributed by atoms with Gasteiger partial charge >= 0.3 is 7.91 Å². The van der Waals surface area contributed by atoms with Crippen LogP contribution in [0.15, 0.2) is 0 Å². The van der Waals surface area contributed by atoms with Crippen LogP contribution in [0.4, 0.5) is 4.20 Å². The van der Waals surface area contributed by atoms with Crippen LogP contribution in [0.3, 0.4) is 0 Å². The van der Waals surface area contributed by atoms with Crippen molar-refractivity contribution in [1.82, 2.24) is 0 Å². The van der Waals surface area contributed by atoms with E-state index in [1.807, 2.05) is 13.8 Å². The van der Waals surface area contributed by atoms with Crippen molar-refractivity contribution in [3.8, 4) is 0 Å². The maximum absolute atomic E-state index is 12.4. The van der Waals surface area contributed by atoms with Crippen LogP contribution < -0.4 is 0 Å². The first kappa shape index (κ1) is 14.1. The Balaban J connectivity index is 4.20. The monoisotopic (exact) mass is 226 g/mol. The highest BCUT2D eigenvalue weighted by Gasteiger charge is 2.32. The Morgan fingerprint density at radius 2 is 2.07 bits per heavy atom. The normalized spacial score (nSPS) is 19.0. The van der Waals surface area contributed by atoms with Gasteiger partial charge in [-0.05, 0) is 18.8 Å². The second-order valence-electron chi connectivity index (χ2n) is 4.29. The van der Waals surface area contributed by atoms with Gasteiger partial charge in [-0.25, -0.2) is 4.57 Å². The van der Waals surface area contributed by atoms with Crippen LogP contribution in [0.25, 0.3) is 0 Å². The highest BCUT2D eigenvalue weighted by Crippen LogP contribution is 2.48. The molecule has 0 fully saturated rings. The molecule has 0 aromatic heterocycles. The van der Waals surface area contributed by atoms with E-state index in [9.17, 15) is 8.76 Å². The van der Waals surface area contributed by atoms with Crippen LogP contribution in [-0.2, 0) is 9.09 Å². The SMILES string of the molecule is CCCCC(C)(C)C(C)OP(=O)(O)F. The molecule has 0 spiro atoms. The molecule has 86 valence electrons. The third-order valence-corrected chi connectivity index (χ3v) is 3.14. The Bertz CT molecular complexity index is 212. The van der Waals surface area contributed by atoms with E-state index >= 15 is 0 Å². The molecule has 0 rings (SSSR count). The summed E-state index contributed by atoms with van der Waals surface area (Å²) in [5.74, 6) is 0. The topological polar surface area (TPSA) is 46.5 Å². The Morgan fingerprint density at radius 3 is 2.43 bits per heavy atom. The molecule has 3 nitrogen and oxygen atoms in total. The van der Waals surface area contributed by atoms with Crippen LogP contribution >= 0.6 is 7.91 Å². The summed E-state index contributed by atoms with van der Waals surface area (Å²) in [4.78, 5) is 8.44. The molecule has 2 atom stereocenters. The highest BCUT2D eigenvalue weighted by atomic mass is 31.2. The number of unbranched alkanes of at least 4 members (excludes halogenated alkanes) is 1. The van der Waals surface area contributed by atoms with E-state index in [-0.39, 0.29) is 5.41 Å². The minimum atomic E-state index is -4.85. The van der Waals surface area contributed by atoms with Crippen molar-refractivity contribution in [3.63, 3.8) is 0 Å². The molecule has 0 heterocycles. The lowest BCUT2D eigenvalue weighted by atomic mass is 9.82. The summed E-state index contributed by atoms with van der Waals surface area (Å²) in [6.07, 6.45) is 2.34. The summed E-state index contributed by atoms with van der Waals surface area (Å²) >= 11 is 0. The Labute approximate surface area is 85.3 Å². The standard InChI is InChI=1S/C9H20FO3P/c1-5-6-7-9(3,4)8(2)13-14(10,11)12/h8H,5-7H2,1-4H3,(H,11,12). The third-order valence-electron chi connectivity index (χ3n) is 2.56. The van der Waals surface area contributed by atoms with Crippen LogP contribution in [0.2, 0.25) is 0 Å². The van der Waals surface area contributed by atoms with E-state index in [0.717, 1.165) is 19.3 Å². The van der Waals surface area contributed by atoms with Gasteiger partial charge in [-0.1, -0.05) is 33.6 Å². The molecule has 0 aliphatic rings. The van der Waals surface area contributed by atoms with Gasteiger partial charge in [0.25, 0.3) is 0 Å². The van der Waals surface area contributed by atoms with E-state index in [1.165, 1.54) is 0 Å². The molecular weight excluding hydrogens is 206 g/mol. The van der Waals surface area contributed by atoms with Crippen LogP contribution in [0.5, 0.6) is 0 Å². The summed E-state index contributed by atoms with van der Waals surface area (Å²) < 4.78 is 27.2. The molecular formula is C9H20FO3P. The number of rotatable bonds is 6. The van der Waals surface area contributed by atoms with Gasteiger partial charge in [0.2, 0.25) is 0 Å². The zero-order valence-corrected chi connectivity index (χ0v) is 10.2. The van der Waals surface area contributed by atoms with Gasteiger partial charge in [0.1, 0.15) is 0 Å². The molecule has 0 aliphatic heterocycles. The number of halogens is 1. The fraction of sp³-hybridized carbons (Fsp3) is 1.00. The molecule has 0 aliphatic carbocycles. The van der Waals surface area contributed by atoms with E-state index in [0.29, 0.717) is 0 Å². The molecule has 0 saturated carbocycles. The fourth-order valence-corrected chi connectivity index (χ4v) is 1.85. The second kappa shape index (κ2) is 5.24. The van der Waals surface area contributed by atoms with Crippen molar-refractivity contribution in [2.24, 2.45) is 5.41 Å². The lowest BCUT2D eigenvalue weighted by Gasteiger charge is -2.31. The molecule has 0 amide bonds. The molecule has 1 N–H and O–H groups in total. The van der Waals surface area contributed by atoms with E-state index in [1.54, 1.807) is 6.92 Å². The van der Waals surface area contributed by atoms with Crippen LogP contribution in [0, 0.1) is 5.41 Å². The summed E-state index contributed by atoms with van der Waals surface area (Å²) in [6, 6.07) is 0. The lowest BCUT2D eigenvalue weighted by molar-refractivity contribution is 0.0582. The van der Waals surface area contributed by atoms with Gasteiger partial charge in [-0.3, -0.25) is 9.42 Å². The van der Waals surface area contributed by atoms with Crippen molar-refractivity contribution in [3.05, 3.63) is 0 Å². The van der Waals surface area contributed by atoms with Gasteiger partial charge in [0.05, 0.1) is 6.10 Å². The van der Waals surface area contributed by atoms with Crippen molar-refractivity contribution in [2.75, 3.05) is 0 Å². The smallest absolute Gasteiger partial charge is 0.299 e. The molecule has 2 unspecified atom stereocenters. The summed E-state index contributed by atoms with van der Waals surface area (Å²) in [5, 5.41) is 0. The summed E-state index contributed by atoms with van der Waals surface area (Å²) in [7, 11) is -4.85. The summed E-state index contributed by atoms with van der Waals surface area (Å²) in [6.45, 7) is 7.50. The predicted octanol–water partition coefficient (Wildman–Crippen LogP) is 3.68. The number of hydrogen-bond donors (Lipinski definition) is 1. The first-order valence-corrected chi connectivity index (χ1v) is 6.36. The quantitative estimate of drug-likeness (QED) is 0.703. The Kier molecular flexibility index (Phi) is 5.27. The van der Waals surface area contributed by atoms with E-state index < -0.39 is 14.0 Å². The average molecular weight is 226 g/mol. The third kappa shape index (κ3) is 5.74. The second-order valence-corrected chi connectivity index (χ2v) is 5.40. The van der Waals surface area contributed by atoms with Crippen molar-refractivity contribution in [2.45, 2.75) is 53.1 Å². The molecule has 0 aromatic carbocycles. The van der Waals surface area contributed by atoms with Gasteiger partial charge in [-0.15, -0.1) is 4.20 Å². The zero-order valence-electron chi connectivity index (χ0n) is 9.29. The molecule has 5 heteroatoms. The van der Waals surface area contributed by atoms with Gasteiger partial charge in [-0.2, -0.15) is 0 Å². The molecule has 0 aromatic rings. The lowest BCUT2D eigenvalue weighted by Crippen LogP contribution is -2.28. The van der Waals surface area contributed by atoms with Crippen LogP contribution in [0.1, 0.15) is 47.0 Å². The minimum absolute atomic E-state index is 0.277. The van der Waals surface area contributed by atoms with Gasteiger partial charge in [0.15, 0.2) is 0 Å². The van der Waals surface area contributed by atoms with Crippen molar-refractivity contribution in [1.29, 1.82) is 0 Å². The van der Waals surface area contributed by atoms with Gasteiger partial charge in [0, 0.05) is 0 Å². The maximum atomic E-state index is 12.4. The van der Waals surface area contributed by atoms with E-state index in [2.05, 4.69) is 11.4 Å². The van der Waals surface area contributed by atoms with Crippen LogP contribution in [-0.4, -0.2) is 11.0 Å². The average Bonchev–Trinajstić information content (AvgIpc) is 1.97. The highest BCUT2D eigenvalue weighted by molar-refractivity contribution is 7.46. The largest absolute Gasteiger partial charge is 0.510 e. The molecule has 0 bridgehead atoms. The maximum Gasteiger partial charge on any atom is 0.510 e. The van der Waals surface area contributed by atoms with Gasteiger partial charge < -0.3 is 0 Å². The fourth-order valence-electron chi connectivity index (χ4n) is 1.17. The van der Waals surface area contributed by atoms with Crippen molar-refractivity contribution >= 4 is 7.91 Å². The first-order valence-electron chi connectivity index (χ1n) is 4.90. The van der Waals surface area contributed by atoms with Crippen molar-refractivity contribution < 1.29 is 18.2 Å². The minimum Gasteiger partial charge on any atom is -0.299 e. The van der Waals surface area contributed by atoms with E-state index in [4.69, 9.17) is 4.89 Å². The number of hydrogen-bond acceptors (Lipinski definition) is 2. The zero-order chi connectivity index (χ0) is 11.4. The summed E-state index contributed by atoms with van der Waals surface area (Å²) in [5.41, 5.74) is -0.277. The predicted molar refractivity (Wildman–Crippen MR) is 54.8 cm³/mol.